The summed E-state index contributed by atoms with van der Waals surface area (Å²) in [5.74, 6) is -0.0642. The van der Waals surface area contributed by atoms with E-state index in [2.05, 4.69) is 19.2 Å². The van der Waals surface area contributed by atoms with Gasteiger partial charge in [0, 0.05) is 6.42 Å². The van der Waals surface area contributed by atoms with Crippen LogP contribution in [0, 0.1) is 0 Å². The van der Waals surface area contributed by atoms with Crippen molar-refractivity contribution in [2.24, 2.45) is 0 Å². The molecule has 0 aliphatic heterocycles. The quantitative estimate of drug-likeness (QED) is 0.0460. The second kappa shape index (κ2) is 38.6. The van der Waals surface area contributed by atoms with Crippen molar-refractivity contribution in [1.82, 2.24) is 5.32 Å². The minimum atomic E-state index is -0.830. The number of allylic oxidation sites excluding steroid dienone is 1. The van der Waals surface area contributed by atoms with E-state index >= 15 is 0 Å². The number of unbranched alkanes of at least 4 members (excludes halogenated alkanes) is 31. The second-order valence-corrected chi connectivity index (χ2v) is 14.4. The molecule has 0 aliphatic rings. The van der Waals surface area contributed by atoms with Gasteiger partial charge in [-0.15, -0.1) is 0 Å². The summed E-state index contributed by atoms with van der Waals surface area (Å²) in [6, 6.07) is -0.613. The predicted octanol–water partition coefficient (Wildman–Crippen LogP) is 12.7. The molecule has 0 spiro atoms. The van der Waals surface area contributed by atoms with Crippen molar-refractivity contribution in [2.45, 2.75) is 244 Å². The number of carbonyl (C=O) groups is 1. The summed E-state index contributed by atoms with van der Waals surface area (Å²) < 4.78 is 0. The third kappa shape index (κ3) is 34.5. The normalized spacial score (nSPS) is 13.0. The molecule has 0 radical (unpaired) electrons. The van der Waals surface area contributed by atoms with Gasteiger partial charge in [-0.3, -0.25) is 4.79 Å². The van der Waals surface area contributed by atoms with Crippen LogP contribution in [0.15, 0.2) is 12.2 Å². The minimum absolute atomic E-state index is 0.0642. The van der Waals surface area contributed by atoms with Crippen LogP contribution >= 0.6 is 0 Å². The van der Waals surface area contributed by atoms with Gasteiger partial charge in [0.05, 0.1) is 18.8 Å². The van der Waals surface area contributed by atoms with Crippen molar-refractivity contribution in [3.05, 3.63) is 12.2 Å². The monoisotopic (exact) mass is 650 g/mol. The zero-order valence-electron chi connectivity index (χ0n) is 31.4. The average molecular weight is 650 g/mol. The molecule has 0 aromatic heterocycles. The second-order valence-electron chi connectivity index (χ2n) is 14.4. The van der Waals surface area contributed by atoms with Gasteiger partial charge < -0.3 is 15.5 Å². The first-order chi connectivity index (χ1) is 22.7. The summed E-state index contributed by atoms with van der Waals surface area (Å²) in [4.78, 5) is 12.3. The summed E-state index contributed by atoms with van der Waals surface area (Å²) in [5, 5.41) is 22.7. The van der Waals surface area contributed by atoms with Gasteiger partial charge in [-0.2, -0.15) is 0 Å². The number of nitrogens with one attached hydrogen (secondary N) is 1. The lowest BCUT2D eigenvalue weighted by Crippen LogP contribution is -2.45. The highest BCUT2D eigenvalue weighted by Gasteiger charge is 2.17. The molecule has 4 nitrogen and oxygen atoms in total. The number of amides is 1. The van der Waals surface area contributed by atoms with Crippen molar-refractivity contribution in [2.75, 3.05) is 6.61 Å². The Hall–Kier alpha value is -0.870. The summed E-state index contributed by atoms with van der Waals surface area (Å²) in [6.07, 6.45) is 47.7. The van der Waals surface area contributed by atoms with E-state index in [9.17, 15) is 15.0 Å². The van der Waals surface area contributed by atoms with Gasteiger partial charge >= 0.3 is 0 Å². The molecule has 2 unspecified atom stereocenters. The molecule has 0 heterocycles. The number of hydrogen-bond acceptors (Lipinski definition) is 3. The van der Waals surface area contributed by atoms with Crippen LogP contribution in [0.1, 0.15) is 232 Å². The topological polar surface area (TPSA) is 69.6 Å². The highest BCUT2D eigenvalue weighted by molar-refractivity contribution is 5.76. The fourth-order valence-electron chi connectivity index (χ4n) is 6.53. The molecule has 0 bridgehead atoms. The lowest BCUT2D eigenvalue weighted by atomic mass is 10.0. The molecule has 0 rings (SSSR count). The molecule has 4 heteroatoms. The third-order valence-corrected chi connectivity index (χ3v) is 9.77. The van der Waals surface area contributed by atoms with Gasteiger partial charge in [-0.1, -0.05) is 219 Å². The smallest absolute Gasteiger partial charge is 0.220 e. The Morgan fingerprint density at radius 1 is 0.500 bits per heavy atom. The van der Waals surface area contributed by atoms with E-state index in [0.29, 0.717) is 6.42 Å². The number of aliphatic hydroxyl groups excluding tert-OH is 2. The van der Waals surface area contributed by atoms with Crippen LogP contribution in [0.25, 0.3) is 0 Å². The van der Waals surface area contributed by atoms with Crippen LogP contribution in [-0.4, -0.2) is 34.9 Å². The lowest BCUT2D eigenvalue weighted by Gasteiger charge is -2.20. The molecule has 2 atom stereocenters. The van der Waals surface area contributed by atoms with E-state index in [-0.39, 0.29) is 12.5 Å². The van der Waals surface area contributed by atoms with E-state index in [1.165, 1.54) is 186 Å². The fourth-order valence-corrected chi connectivity index (χ4v) is 6.53. The first-order valence-electron chi connectivity index (χ1n) is 20.9. The molecule has 1 amide bonds. The Kier molecular flexibility index (Phi) is 37.8. The van der Waals surface area contributed by atoms with Crippen molar-refractivity contribution < 1.29 is 15.0 Å². The van der Waals surface area contributed by atoms with E-state index in [0.717, 1.165) is 25.7 Å². The predicted molar refractivity (Wildman–Crippen MR) is 202 cm³/mol. The van der Waals surface area contributed by atoms with Gasteiger partial charge in [0.1, 0.15) is 0 Å². The van der Waals surface area contributed by atoms with E-state index in [1.807, 2.05) is 6.08 Å². The standard InChI is InChI=1S/C42H83NO3/c1-3-5-7-9-11-12-13-14-15-16-17-18-19-20-21-22-23-24-25-26-27-28-29-30-32-34-36-38-42(46)43-40(39-44)41(45)37-35-33-31-10-8-6-4-2/h35,37,40-41,44-45H,3-34,36,38-39H2,1-2H3,(H,43,46)/b37-35+. The van der Waals surface area contributed by atoms with Gasteiger partial charge in [-0.25, -0.2) is 0 Å². The molecule has 0 aliphatic carbocycles. The van der Waals surface area contributed by atoms with Crippen LogP contribution in [-0.2, 0) is 4.79 Å². The molecule has 0 aromatic rings. The van der Waals surface area contributed by atoms with Crippen LogP contribution < -0.4 is 5.32 Å². The lowest BCUT2D eigenvalue weighted by molar-refractivity contribution is -0.123. The van der Waals surface area contributed by atoms with Gasteiger partial charge in [0.2, 0.25) is 5.91 Å². The van der Waals surface area contributed by atoms with Crippen LogP contribution in [0.5, 0.6) is 0 Å². The summed E-state index contributed by atoms with van der Waals surface area (Å²) >= 11 is 0. The molecular formula is C42H83NO3. The summed E-state index contributed by atoms with van der Waals surface area (Å²) in [6.45, 7) is 4.27. The SMILES string of the molecule is CCCCCCC/C=C/C(O)C(CO)NC(=O)CCCCCCCCCCCCCCCCCCCCCCCCCCCCC. The first-order valence-corrected chi connectivity index (χ1v) is 20.9. The minimum Gasteiger partial charge on any atom is -0.394 e. The maximum absolute atomic E-state index is 12.3. The molecule has 0 aromatic carbocycles. The van der Waals surface area contributed by atoms with Crippen molar-refractivity contribution in [1.29, 1.82) is 0 Å². The maximum Gasteiger partial charge on any atom is 0.220 e. The van der Waals surface area contributed by atoms with E-state index in [1.54, 1.807) is 6.08 Å². The summed E-state index contributed by atoms with van der Waals surface area (Å²) in [7, 11) is 0. The largest absolute Gasteiger partial charge is 0.394 e. The molecular weight excluding hydrogens is 566 g/mol. The van der Waals surface area contributed by atoms with Gasteiger partial charge in [0.15, 0.2) is 0 Å². The highest BCUT2D eigenvalue weighted by Crippen LogP contribution is 2.16. The van der Waals surface area contributed by atoms with Crippen molar-refractivity contribution in [3.63, 3.8) is 0 Å². The number of hydrogen-bond donors (Lipinski definition) is 3. The average Bonchev–Trinajstić information content (AvgIpc) is 3.06. The Morgan fingerprint density at radius 3 is 1.13 bits per heavy atom. The number of aliphatic hydroxyl groups is 2. The van der Waals surface area contributed by atoms with Crippen LogP contribution in [0.3, 0.4) is 0 Å². The van der Waals surface area contributed by atoms with Gasteiger partial charge in [-0.05, 0) is 19.3 Å². The molecule has 0 fully saturated rings. The van der Waals surface area contributed by atoms with Crippen molar-refractivity contribution in [3.8, 4) is 0 Å². The zero-order chi connectivity index (χ0) is 33.6. The Bertz CT molecular complexity index is 622. The Labute approximate surface area is 288 Å². The van der Waals surface area contributed by atoms with Crippen molar-refractivity contribution >= 4 is 5.91 Å². The molecule has 3 N–H and O–H groups in total. The fraction of sp³-hybridized carbons (Fsp3) is 0.929. The molecule has 0 saturated heterocycles. The number of rotatable bonds is 38. The number of carbonyl (C=O) groups excluding carboxylic acids is 1. The van der Waals surface area contributed by atoms with Gasteiger partial charge in [0.25, 0.3) is 0 Å². The maximum atomic E-state index is 12.3. The van der Waals surface area contributed by atoms with Crippen LogP contribution in [0.2, 0.25) is 0 Å². The Morgan fingerprint density at radius 2 is 0.804 bits per heavy atom. The van der Waals surface area contributed by atoms with Crippen LogP contribution in [0.4, 0.5) is 0 Å². The first kappa shape index (κ1) is 45.1. The highest BCUT2D eigenvalue weighted by atomic mass is 16.3. The molecule has 274 valence electrons. The zero-order valence-corrected chi connectivity index (χ0v) is 31.4. The molecule has 46 heavy (non-hydrogen) atoms. The third-order valence-electron chi connectivity index (χ3n) is 9.77. The molecule has 0 saturated carbocycles. The van der Waals surface area contributed by atoms with E-state index in [4.69, 9.17) is 0 Å². The summed E-state index contributed by atoms with van der Waals surface area (Å²) in [5.41, 5.74) is 0. The Balaban J connectivity index is 3.37. The van der Waals surface area contributed by atoms with E-state index < -0.39 is 12.1 Å².